The number of halogens is 2. The van der Waals surface area contributed by atoms with Gasteiger partial charge in [0, 0.05) is 24.8 Å². The third-order valence-corrected chi connectivity index (χ3v) is 2.79. The number of rotatable bonds is 8. The van der Waals surface area contributed by atoms with Crippen LogP contribution in [0.25, 0.3) is 0 Å². The Morgan fingerprint density at radius 2 is 2.11 bits per heavy atom. The smallest absolute Gasteiger partial charge is 0.126 e. The normalized spacial score (nSPS) is 12.7. The number of ether oxygens (including phenoxy) is 2. The minimum absolute atomic E-state index is 0.138. The Balaban J connectivity index is 2.30. The first-order chi connectivity index (χ1) is 8.63. The Morgan fingerprint density at radius 3 is 2.83 bits per heavy atom. The molecule has 0 aromatic heterocycles. The third-order valence-electron chi connectivity index (χ3n) is 2.55. The van der Waals surface area contributed by atoms with E-state index < -0.39 is 0 Å². The van der Waals surface area contributed by atoms with Crippen molar-refractivity contribution in [3.05, 3.63) is 34.6 Å². The van der Waals surface area contributed by atoms with Crippen molar-refractivity contribution < 1.29 is 13.9 Å². The average Bonchev–Trinajstić information content (AvgIpc) is 2.33. The molecule has 0 spiro atoms. The van der Waals surface area contributed by atoms with Crippen molar-refractivity contribution in [2.75, 3.05) is 26.9 Å². The summed E-state index contributed by atoms with van der Waals surface area (Å²) in [6, 6.07) is 4.36. The molecule has 5 heteroatoms. The monoisotopic (exact) mass is 275 g/mol. The summed E-state index contributed by atoms with van der Waals surface area (Å²) >= 11 is 5.82. The van der Waals surface area contributed by atoms with E-state index in [4.69, 9.17) is 26.8 Å². The van der Waals surface area contributed by atoms with Crippen LogP contribution in [0, 0.1) is 5.82 Å². The highest BCUT2D eigenvalue weighted by molar-refractivity contribution is 6.30. The molecule has 0 amide bonds. The molecule has 102 valence electrons. The molecule has 1 aromatic carbocycles. The summed E-state index contributed by atoms with van der Waals surface area (Å²) in [4.78, 5) is 0. The summed E-state index contributed by atoms with van der Waals surface area (Å²) in [5.41, 5.74) is 6.47. The van der Waals surface area contributed by atoms with Crippen LogP contribution in [0.3, 0.4) is 0 Å². The molecule has 18 heavy (non-hydrogen) atoms. The van der Waals surface area contributed by atoms with Gasteiger partial charge in [0.2, 0.25) is 0 Å². The molecule has 0 saturated carbocycles. The Labute approximate surface area is 112 Å². The zero-order valence-corrected chi connectivity index (χ0v) is 11.3. The largest absolute Gasteiger partial charge is 0.382 e. The van der Waals surface area contributed by atoms with Crippen LogP contribution in [-0.4, -0.2) is 33.0 Å². The van der Waals surface area contributed by atoms with Gasteiger partial charge in [-0.2, -0.15) is 0 Å². The van der Waals surface area contributed by atoms with Crippen LogP contribution in [0.1, 0.15) is 12.0 Å². The number of hydrogen-bond acceptors (Lipinski definition) is 3. The second kappa shape index (κ2) is 8.43. The quantitative estimate of drug-likeness (QED) is 0.741. The number of methoxy groups -OCH3 is 1. The van der Waals surface area contributed by atoms with Crippen LogP contribution in [0.15, 0.2) is 18.2 Å². The maximum atomic E-state index is 13.5. The highest BCUT2D eigenvalue weighted by Gasteiger charge is 2.09. The van der Waals surface area contributed by atoms with Gasteiger partial charge in [0.15, 0.2) is 0 Å². The van der Waals surface area contributed by atoms with Gasteiger partial charge < -0.3 is 15.2 Å². The summed E-state index contributed by atoms with van der Waals surface area (Å²) in [5.74, 6) is -0.268. The summed E-state index contributed by atoms with van der Waals surface area (Å²) in [7, 11) is 1.62. The first-order valence-electron chi connectivity index (χ1n) is 5.89. The van der Waals surface area contributed by atoms with E-state index in [1.165, 1.54) is 12.1 Å². The van der Waals surface area contributed by atoms with Crippen molar-refractivity contribution in [3.63, 3.8) is 0 Å². The van der Waals surface area contributed by atoms with E-state index in [0.717, 1.165) is 0 Å². The number of hydrogen-bond donors (Lipinski definition) is 1. The van der Waals surface area contributed by atoms with Gasteiger partial charge in [0.1, 0.15) is 5.82 Å². The fraction of sp³-hybridized carbons (Fsp3) is 0.538. The summed E-state index contributed by atoms with van der Waals surface area (Å²) in [6.07, 6.45) is 1.13. The lowest BCUT2D eigenvalue weighted by Gasteiger charge is -2.12. The Bertz CT molecular complexity index is 363. The van der Waals surface area contributed by atoms with Crippen LogP contribution in [0.5, 0.6) is 0 Å². The first kappa shape index (κ1) is 15.4. The van der Waals surface area contributed by atoms with Crippen molar-refractivity contribution in [1.29, 1.82) is 0 Å². The van der Waals surface area contributed by atoms with Gasteiger partial charge in [0.05, 0.1) is 13.2 Å². The highest BCUT2D eigenvalue weighted by Crippen LogP contribution is 2.16. The molecular weight excluding hydrogens is 257 g/mol. The van der Waals surface area contributed by atoms with Crippen LogP contribution >= 0.6 is 11.6 Å². The fourth-order valence-electron chi connectivity index (χ4n) is 1.56. The zero-order chi connectivity index (χ0) is 13.4. The predicted molar refractivity (Wildman–Crippen MR) is 70.4 cm³/mol. The minimum atomic E-state index is -0.268. The van der Waals surface area contributed by atoms with Gasteiger partial charge in [-0.15, -0.1) is 0 Å². The zero-order valence-electron chi connectivity index (χ0n) is 10.5. The van der Waals surface area contributed by atoms with Gasteiger partial charge in [-0.1, -0.05) is 11.6 Å². The molecular formula is C13H19ClFNO2. The van der Waals surface area contributed by atoms with Crippen molar-refractivity contribution in [2.24, 2.45) is 5.73 Å². The van der Waals surface area contributed by atoms with Crippen LogP contribution in [0.4, 0.5) is 4.39 Å². The van der Waals surface area contributed by atoms with Crippen molar-refractivity contribution in [1.82, 2.24) is 0 Å². The molecule has 0 saturated heterocycles. The molecule has 1 unspecified atom stereocenters. The van der Waals surface area contributed by atoms with Crippen molar-refractivity contribution >= 4 is 11.6 Å². The van der Waals surface area contributed by atoms with Gasteiger partial charge in [0.25, 0.3) is 0 Å². The highest BCUT2D eigenvalue weighted by atomic mass is 35.5. The molecule has 0 fully saturated rings. The molecule has 0 aliphatic heterocycles. The maximum Gasteiger partial charge on any atom is 0.126 e. The number of nitrogens with two attached hydrogens (primary N) is 1. The molecule has 2 N–H and O–H groups in total. The van der Waals surface area contributed by atoms with Crippen molar-refractivity contribution in [3.8, 4) is 0 Å². The lowest BCUT2D eigenvalue weighted by atomic mass is 10.0. The molecule has 0 bridgehead atoms. The van der Waals surface area contributed by atoms with E-state index in [1.807, 2.05) is 0 Å². The van der Waals surface area contributed by atoms with E-state index in [9.17, 15) is 4.39 Å². The SMILES string of the molecule is COCCOCCC(N)Cc1cc(Cl)ccc1F. The van der Waals surface area contributed by atoms with E-state index in [2.05, 4.69) is 0 Å². The molecule has 0 aliphatic rings. The Morgan fingerprint density at radius 1 is 1.33 bits per heavy atom. The van der Waals surface area contributed by atoms with E-state index in [-0.39, 0.29) is 11.9 Å². The lowest BCUT2D eigenvalue weighted by molar-refractivity contribution is 0.0672. The summed E-state index contributed by atoms with van der Waals surface area (Å²) in [5, 5.41) is 0.523. The summed E-state index contributed by atoms with van der Waals surface area (Å²) < 4.78 is 23.6. The molecule has 1 rings (SSSR count). The lowest BCUT2D eigenvalue weighted by Crippen LogP contribution is -2.25. The second-order valence-electron chi connectivity index (χ2n) is 4.09. The Kier molecular flexibility index (Phi) is 7.20. The fourth-order valence-corrected chi connectivity index (χ4v) is 1.76. The first-order valence-corrected chi connectivity index (χ1v) is 6.27. The average molecular weight is 276 g/mol. The van der Waals surface area contributed by atoms with Crippen LogP contribution in [-0.2, 0) is 15.9 Å². The molecule has 1 aromatic rings. The summed E-state index contributed by atoms with van der Waals surface area (Å²) in [6.45, 7) is 1.67. The topological polar surface area (TPSA) is 44.5 Å². The Hall–Kier alpha value is -0.680. The van der Waals surface area contributed by atoms with Gasteiger partial charge in [-0.3, -0.25) is 0 Å². The number of benzene rings is 1. The second-order valence-corrected chi connectivity index (χ2v) is 4.53. The van der Waals surface area contributed by atoms with Crippen LogP contribution < -0.4 is 5.73 Å². The molecule has 3 nitrogen and oxygen atoms in total. The van der Waals surface area contributed by atoms with Crippen molar-refractivity contribution in [2.45, 2.75) is 18.9 Å². The molecule has 0 aliphatic carbocycles. The molecule has 0 radical (unpaired) electrons. The van der Waals surface area contributed by atoms with Gasteiger partial charge in [-0.25, -0.2) is 4.39 Å². The predicted octanol–water partition coefficient (Wildman–Crippen LogP) is 2.40. The van der Waals surface area contributed by atoms with Gasteiger partial charge in [-0.05, 0) is 36.6 Å². The van der Waals surface area contributed by atoms with Crippen LogP contribution in [0.2, 0.25) is 5.02 Å². The molecule has 0 heterocycles. The standard InChI is InChI=1S/C13H19ClFNO2/c1-17-6-7-18-5-4-12(16)9-10-8-11(14)2-3-13(10)15/h2-3,8,12H,4-7,9,16H2,1H3. The molecule has 1 atom stereocenters. The van der Waals surface area contributed by atoms with E-state index in [0.29, 0.717) is 43.2 Å². The minimum Gasteiger partial charge on any atom is -0.382 e. The third kappa shape index (κ3) is 5.78. The van der Waals surface area contributed by atoms with Gasteiger partial charge >= 0.3 is 0 Å². The maximum absolute atomic E-state index is 13.5. The van der Waals surface area contributed by atoms with E-state index in [1.54, 1.807) is 13.2 Å². The van der Waals surface area contributed by atoms with E-state index >= 15 is 0 Å².